The molecule has 0 spiro atoms. The van der Waals surface area contributed by atoms with Crippen LogP contribution in [0, 0.1) is 0 Å². The molecule has 1 saturated heterocycles. The minimum atomic E-state index is 0.174. The Morgan fingerprint density at radius 3 is 2.91 bits per heavy atom. The Labute approximate surface area is 127 Å². The van der Waals surface area contributed by atoms with Gasteiger partial charge in [-0.3, -0.25) is 4.79 Å². The maximum absolute atomic E-state index is 12.4. The Hall–Kier alpha value is -2.63. The van der Waals surface area contributed by atoms with Gasteiger partial charge in [0.1, 0.15) is 0 Å². The molecule has 1 aromatic carbocycles. The molecule has 1 aliphatic heterocycles. The fourth-order valence-electron chi connectivity index (χ4n) is 3.08. The van der Waals surface area contributed by atoms with Crippen molar-refractivity contribution in [2.75, 3.05) is 13.1 Å². The van der Waals surface area contributed by atoms with Crippen LogP contribution in [-0.4, -0.2) is 43.5 Å². The van der Waals surface area contributed by atoms with Crippen LogP contribution in [0.5, 0.6) is 0 Å². The number of benzene rings is 1. The molecule has 1 amide bonds. The number of carbonyl (C=O) groups excluding carboxylic acids is 1. The van der Waals surface area contributed by atoms with Crippen molar-refractivity contribution in [3.8, 4) is 0 Å². The van der Waals surface area contributed by atoms with E-state index in [2.05, 4.69) is 33.2 Å². The molecule has 0 unspecified atom stereocenters. The first-order chi connectivity index (χ1) is 10.7. The van der Waals surface area contributed by atoms with Crippen LogP contribution in [0.15, 0.2) is 42.9 Å². The van der Waals surface area contributed by atoms with Gasteiger partial charge >= 0.3 is 0 Å². The smallest absolute Gasteiger partial charge is 0.227 e. The monoisotopic (exact) mass is 295 g/mol. The first-order valence-electron chi connectivity index (χ1n) is 7.39. The number of fused-ring (bicyclic) bond motifs is 1. The van der Waals surface area contributed by atoms with Gasteiger partial charge in [0.25, 0.3) is 0 Å². The molecule has 6 heteroatoms. The van der Waals surface area contributed by atoms with Gasteiger partial charge in [0.2, 0.25) is 5.91 Å². The molecule has 3 aromatic rings. The molecule has 1 fully saturated rings. The number of likely N-dealkylation sites (tertiary alicyclic amines) is 1. The van der Waals surface area contributed by atoms with Crippen molar-refractivity contribution in [1.82, 2.24) is 24.5 Å². The van der Waals surface area contributed by atoms with E-state index in [1.54, 1.807) is 6.20 Å². The van der Waals surface area contributed by atoms with Gasteiger partial charge in [0, 0.05) is 43.4 Å². The van der Waals surface area contributed by atoms with E-state index in [9.17, 15) is 4.79 Å². The fraction of sp³-hybridized carbons (Fsp3) is 0.312. The molecular weight excluding hydrogens is 278 g/mol. The van der Waals surface area contributed by atoms with Crippen molar-refractivity contribution in [2.24, 2.45) is 7.05 Å². The summed E-state index contributed by atoms with van der Waals surface area (Å²) in [6, 6.07) is 8.45. The van der Waals surface area contributed by atoms with Crippen molar-refractivity contribution in [2.45, 2.75) is 12.5 Å². The molecule has 0 radical (unpaired) electrons. The summed E-state index contributed by atoms with van der Waals surface area (Å²) in [6.45, 7) is 1.43. The van der Waals surface area contributed by atoms with Crippen molar-refractivity contribution in [1.29, 1.82) is 0 Å². The Kier molecular flexibility index (Phi) is 2.96. The fourth-order valence-corrected chi connectivity index (χ4v) is 3.08. The molecule has 0 atom stereocenters. The summed E-state index contributed by atoms with van der Waals surface area (Å²) in [6.07, 6.45) is 6.01. The van der Waals surface area contributed by atoms with Gasteiger partial charge in [-0.15, -0.1) is 5.10 Å². The molecule has 3 heterocycles. The zero-order chi connectivity index (χ0) is 15.1. The number of hydrogen-bond donors (Lipinski definition) is 0. The molecule has 4 rings (SSSR count). The van der Waals surface area contributed by atoms with Crippen LogP contribution in [0.2, 0.25) is 0 Å². The van der Waals surface area contributed by atoms with Crippen LogP contribution >= 0.6 is 0 Å². The number of nitrogens with zero attached hydrogens (tertiary/aromatic N) is 5. The lowest BCUT2D eigenvalue weighted by Gasteiger charge is -2.38. The normalized spacial score (nSPS) is 15.2. The second kappa shape index (κ2) is 4.98. The van der Waals surface area contributed by atoms with Gasteiger partial charge in [0.05, 0.1) is 18.7 Å². The lowest BCUT2D eigenvalue weighted by atomic mass is 10.1. The highest BCUT2D eigenvalue weighted by Gasteiger charge is 2.32. The third-order valence-electron chi connectivity index (χ3n) is 4.35. The van der Waals surface area contributed by atoms with Crippen LogP contribution in [0.25, 0.3) is 10.9 Å². The molecule has 0 bridgehead atoms. The number of aryl methyl sites for hydroxylation is 1. The zero-order valence-electron chi connectivity index (χ0n) is 12.4. The van der Waals surface area contributed by atoms with E-state index in [0.29, 0.717) is 19.5 Å². The Morgan fingerprint density at radius 2 is 2.14 bits per heavy atom. The summed E-state index contributed by atoms with van der Waals surface area (Å²) in [5, 5.41) is 8.95. The van der Waals surface area contributed by atoms with Gasteiger partial charge in [-0.2, -0.15) is 0 Å². The Morgan fingerprint density at radius 1 is 1.32 bits per heavy atom. The highest BCUT2D eigenvalue weighted by molar-refractivity contribution is 5.89. The van der Waals surface area contributed by atoms with E-state index >= 15 is 0 Å². The third kappa shape index (κ3) is 2.07. The topological polar surface area (TPSA) is 56.0 Å². The maximum Gasteiger partial charge on any atom is 0.227 e. The molecule has 0 N–H and O–H groups in total. The predicted octanol–water partition coefficient (Wildman–Crippen LogP) is 1.40. The van der Waals surface area contributed by atoms with E-state index < -0.39 is 0 Å². The van der Waals surface area contributed by atoms with Crippen LogP contribution in [0.1, 0.15) is 11.6 Å². The number of para-hydroxylation sites is 1. The maximum atomic E-state index is 12.4. The van der Waals surface area contributed by atoms with Crippen molar-refractivity contribution >= 4 is 16.8 Å². The highest BCUT2D eigenvalue weighted by Crippen LogP contribution is 2.24. The quantitative estimate of drug-likeness (QED) is 0.734. The summed E-state index contributed by atoms with van der Waals surface area (Å²) in [4.78, 5) is 14.3. The number of carbonyl (C=O) groups is 1. The van der Waals surface area contributed by atoms with E-state index in [0.717, 1.165) is 16.5 Å². The molecule has 0 aliphatic carbocycles. The van der Waals surface area contributed by atoms with Crippen molar-refractivity contribution in [3.05, 3.63) is 48.4 Å². The average molecular weight is 295 g/mol. The minimum absolute atomic E-state index is 0.174. The van der Waals surface area contributed by atoms with Crippen LogP contribution in [0.4, 0.5) is 0 Å². The second-order valence-corrected chi connectivity index (χ2v) is 5.79. The molecule has 0 saturated carbocycles. The summed E-state index contributed by atoms with van der Waals surface area (Å²) < 4.78 is 3.90. The predicted molar refractivity (Wildman–Crippen MR) is 82.3 cm³/mol. The molecule has 1 aliphatic rings. The van der Waals surface area contributed by atoms with Crippen LogP contribution in [-0.2, 0) is 18.3 Å². The van der Waals surface area contributed by atoms with Gasteiger partial charge in [0.15, 0.2) is 0 Å². The summed E-state index contributed by atoms with van der Waals surface area (Å²) in [7, 11) is 2.01. The number of amides is 1. The summed E-state index contributed by atoms with van der Waals surface area (Å²) >= 11 is 0. The number of rotatable bonds is 3. The van der Waals surface area contributed by atoms with Crippen molar-refractivity contribution in [3.63, 3.8) is 0 Å². The highest BCUT2D eigenvalue weighted by atomic mass is 16.2. The van der Waals surface area contributed by atoms with E-state index in [-0.39, 0.29) is 11.9 Å². The van der Waals surface area contributed by atoms with Gasteiger partial charge in [-0.05, 0) is 11.6 Å². The molecule has 6 nitrogen and oxygen atoms in total. The average Bonchev–Trinajstić information content (AvgIpc) is 3.08. The van der Waals surface area contributed by atoms with Gasteiger partial charge in [-0.25, -0.2) is 4.68 Å². The van der Waals surface area contributed by atoms with Crippen LogP contribution < -0.4 is 0 Å². The number of aromatic nitrogens is 4. The molecule has 112 valence electrons. The molecule has 22 heavy (non-hydrogen) atoms. The van der Waals surface area contributed by atoms with Crippen molar-refractivity contribution < 1.29 is 4.79 Å². The van der Waals surface area contributed by atoms with E-state index in [4.69, 9.17) is 0 Å². The SMILES string of the molecule is Cn1cc(CC(=O)N2CC(n3ccnn3)C2)c2ccccc21. The Bertz CT molecular complexity index is 814. The van der Waals surface area contributed by atoms with E-state index in [1.807, 2.05) is 35.0 Å². The van der Waals surface area contributed by atoms with Gasteiger partial charge in [-0.1, -0.05) is 23.4 Å². The molecular formula is C16H17N5O. The Balaban J connectivity index is 1.46. The first-order valence-corrected chi connectivity index (χ1v) is 7.39. The first kappa shape index (κ1) is 13.1. The summed E-state index contributed by atoms with van der Waals surface area (Å²) in [5.41, 5.74) is 2.25. The number of hydrogen-bond acceptors (Lipinski definition) is 3. The third-order valence-corrected chi connectivity index (χ3v) is 4.35. The van der Waals surface area contributed by atoms with E-state index in [1.165, 1.54) is 0 Å². The van der Waals surface area contributed by atoms with Crippen LogP contribution in [0.3, 0.4) is 0 Å². The standard InChI is InChI=1S/C16H17N5O/c1-19-9-12(14-4-2-3-5-15(14)19)8-16(22)20-10-13(11-20)21-7-6-17-18-21/h2-7,9,13H,8,10-11H2,1H3. The zero-order valence-corrected chi connectivity index (χ0v) is 12.4. The molecule has 2 aromatic heterocycles. The van der Waals surface area contributed by atoms with Gasteiger partial charge < -0.3 is 9.47 Å². The largest absolute Gasteiger partial charge is 0.350 e. The minimum Gasteiger partial charge on any atom is -0.350 e. The summed E-state index contributed by atoms with van der Waals surface area (Å²) in [5.74, 6) is 0.174. The second-order valence-electron chi connectivity index (χ2n) is 5.79. The lowest BCUT2D eigenvalue weighted by Crippen LogP contribution is -2.51. The lowest BCUT2D eigenvalue weighted by molar-refractivity contribution is -0.136.